The number of imide groups is 1. The van der Waals surface area contributed by atoms with Crippen molar-refractivity contribution in [3.63, 3.8) is 0 Å². The van der Waals surface area contributed by atoms with Gasteiger partial charge in [-0.15, -0.1) is 0 Å². The van der Waals surface area contributed by atoms with Gasteiger partial charge in [-0.3, -0.25) is 10.1 Å². The molecule has 0 aromatic heterocycles. The molecule has 28 heavy (non-hydrogen) atoms. The number of nitriles is 1. The monoisotopic (exact) mass is 443 g/mol. The number of primary amides is 1. The van der Waals surface area contributed by atoms with Crippen LogP contribution in [0.4, 0.5) is 4.79 Å². The highest BCUT2D eigenvalue weighted by Gasteiger charge is 2.15. The second-order valence-corrected chi connectivity index (χ2v) is 6.37. The molecule has 7 nitrogen and oxygen atoms in total. The van der Waals surface area contributed by atoms with Gasteiger partial charge in [0.05, 0.1) is 6.61 Å². The standard InChI is InChI=1S/C20H18BrN3O4/c1-2-27-17-9-14(8-15(11-22)19(25)24-20(23)26)16(21)10-18(17)28-12-13-6-4-3-5-7-13/h3-10H,2,12H2,1H3,(H3,23,24,25,26)/b15-8-. The van der Waals surface area contributed by atoms with E-state index in [4.69, 9.17) is 15.2 Å². The third kappa shape index (κ3) is 5.86. The van der Waals surface area contributed by atoms with Crippen molar-refractivity contribution in [1.82, 2.24) is 5.32 Å². The van der Waals surface area contributed by atoms with Gasteiger partial charge >= 0.3 is 6.03 Å². The van der Waals surface area contributed by atoms with E-state index in [-0.39, 0.29) is 5.57 Å². The molecule has 0 spiro atoms. The first-order valence-corrected chi connectivity index (χ1v) is 9.09. The van der Waals surface area contributed by atoms with Crippen molar-refractivity contribution in [1.29, 1.82) is 5.26 Å². The molecular formula is C20H18BrN3O4. The van der Waals surface area contributed by atoms with Gasteiger partial charge < -0.3 is 15.2 Å². The molecule has 0 heterocycles. The van der Waals surface area contributed by atoms with E-state index in [0.29, 0.717) is 34.7 Å². The number of benzene rings is 2. The Morgan fingerprint density at radius 3 is 2.50 bits per heavy atom. The van der Waals surface area contributed by atoms with Crippen LogP contribution in [0.2, 0.25) is 0 Å². The molecule has 3 amide bonds. The Balaban J connectivity index is 2.32. The van der Waals surface area contributed by atoms with Gasteiger partial charge in [0.2, 0.25) is 0 Å². The highest BCUT2D eigenvalue weighted by Crippen LogP contribution is 2.35. The van der Waals surface area contributed by atoms with Crippen LogP contribution < -0.4 is 20.5 Å². The van der Waals surface area contributed by atoms with E-state index >= 15 is 0 Å². The van der Waals surface area contributed by atoms with Gasteiger partial charge in [-0.05, 0) is 36.3 Å². The third-order valence-corrected chi connectivity index (χ3v) is 4.19. The SMILES string of the molecule is CCOc1cc(/C=C(/C#N)C(=O)NC(N)=O)c(Br)cc1OCc1ccccc1. The summed E-state index contributed by atoms with van der Waals surface area (Å²) in [5, 5.41) is 11.1. The first kappa shape index (κ1) is 21.0. The number of nitrogens with zero attached hydrogens (tertiary/aromatic N) is 1. The lowest BCUT2D eigenvalue weighted by Gasteiger charge is -2.14. The second kappa shape index (κ2) is 10.1. The van der Waals surface area contributed by atoms with E-state index < -0.39 is 11.9 Å². The molecule has 0 radical (unpaired) electrons. The number of hydrogen-bond donors (Lipinski definition) is 2. The topological polar surface area (TPSA) is 114 Å². The fraction of sp³-hybridized carbons (Fsp3) is 0.150. The van der Waals surface area contributed by atoms with Gasteiger partial charge in [-0.2, -0.15) is 5.26 Å². The van der Waals surface area contributed by atoms with Gasteiger partial charge in [-0.1, -0.05) is 46.3 Å². The highest BCUT2D eigenvalue weighted by atomic mass is 79.9. The predicted octanol–water partition coefficient (Wildman–Crippen LogP) is 3.53. The Morgan fingerprint density at radius 1 is 1.21 bits per heavy atom. The summed E-state index contributed by atoms with van der Waals surface area (Å²) in [6, 6.07) is 13.7. The maximum atomic E-state index is 11.9. The summed E-state index contributed by atoms with van der Waals surface area (Å²) in [5.74, 6) is 0.0829. The molecule has 0 atom stereocenters. The summed E-state index contributed by atoms with van der Waals surface area (Å²) in [7, 11) is 0. The summed E-state index contributed by atoms with van der Waals surface area (Å²) in [5.41, 5.74) is 6.15. The molecule has 0 fully saturated rings. The van der Waals surface area contributed by atoms with Crippen LogP contribution in [-0.4, -0.2) is 18.5 Å². The average molecular weight is 444 g/mol. The second-order valence-electron chi connectivity index (χ2n) is 5.52. The molecule has 0 bridgehead atoms. The van der Waals surface area contributed by atoms with E-state index in [9.17, 15) is 14.9 Å². The first-order chi connectivity index (χ1) is 13.4. The molecule has 0 saturated heterocycles. The molecule has 0 unspecified atom stereocenters. The van der Waals surface area contributed by atoms with Crippen molar-refractivity contribution < 1.29 is 19.1 Å². The molecule has 2 aromatic rings. The number of urea groups is 1. The zero-order valence-electron chi connectivity index (χ0n) is 15.1. The average Bonchev–Trinajstić information content (AvgIpc) is 2.67. The van der Waals surface area contributed by atoms with Gasteiger partial charge in [0.1, 0.15) is 18.2 Å². The van der Waals surface area contributed by atoms with E-state index in [2.05, 4.69) is 15.9 Å². The summed E-state index contributed by atoms with van der Waals surface area (Å²) < 4.78 is 12.1. The van der Waals surface area contributed by atoms with E-state index in [0.717, 1.165) is 5.56 Å². The lowest BCUT2D eigenvalue weighted by atomic mass is 10.1. The number of carbonyl (C=O) groups excluding carboxylic acids is 2. The number of halogens is 1. The van der Waals surface area contributed by atoms with Gasteiger partial charge in [0, 0.05) is 4.47 Å². The van der Waals surface area contributed by atoms with Crippen molar-refractivity contribution in [2.45, 2.75) is 13.5 Å². The van der Waals surface area contributed by atoms with Crippen LogP contribution in [0.25, 0.3) is 6.08 Å². The molecule has 0 aliphatic heterocycles. The molecule has 8 heteroatoms. The maximum absolute atomic E-state index is 11.9. The van der Waals surface area contributed by atoms with Crippen LogP contribution in [0.3, 0.4) is 0 Å². The smallest absolute Gasteiger partial charge is 0.319 e. The largest absolute Gasteiger partial charge is 0.490 e. The molecule has 0 aliphatic rings. The zero-order valence-corrected chi connectivity index (χ0v) is 16.7. The Hall–Kier alpha value is -3.31. The fourth-order valence-electron chi connectivity index (χ4n) is 2.26. The number of nitrogens with one attached hydrogen (secondary N) is 1. The highest BCUT2D eigenvalue weighted by molar-refractivity contribution is 9.10. The molecule has 0 aliphatic carbocycles. The number of rotatable bonds is 7. The zero-order chi connectivity index (χ0) is 20.5. The Morgan fingerprint density at radius 2 is 1.89 bits per heavy atom. The van der Waals surface area contributed by atoms with Crippen molar-refractivity contribution in [3.8, 4) is 17.6 Å². The third-order valence-electron chi connectivity index (χ3n) is 3.50. The minimum absolute atomic E-state index is 0.278. The lowest BCUT2D eigenvalue weighted by molar-refractivity contribution is -0.115. The number of hydrogen-bond acceptors (Lipinski definition) is 5. The quantitative estimate of drug-likeness (QED) is 0.501. The van der Waals surface area contributed by atoms with Crippen molar-refractivity contribution in [2.24, 2.45) is 5.73 Å². The maximum Gasteiger partial charge on any atom is 0.319 e. The van der Waals surface area contributed by atoms with Crippen LogP contribution in [0, 0.1) is 11.3 Å². The van der Waals surface area contributed by atoms with Crippen LogP contribution in [0.1, 0.15) is 18.1 Å². The number of ether oxygens (including phenoxy) is 2. The minimum Gasteiger partial charge on any atom is -0.490 e. The van der Waals surface area contributed by atoms with Gasteiger partial charge in [0.25, 0.3) is 5.91 Å². The van der Waals surface area contributed by atoms with E-state index in [1.807, 2.05) is 42.6 Å². The van der Waals surface area contributed by atoms with E-state index in [1.165, 1.54) is 6.08 Å². The van der Waals surface area contributed by atoms with Crippen LogP contribution in [0.15, 0.2) is 52.5 Å². The molecule has 2 aromatic carbocycles. The summed E-state index contributed by atoms with van der Waals surface area (Å²) >= 11 is 3.40. The van der Waals surface area contributed by atoms with Crippen LogP contribution in [0.5, 0.6) is 11.5 Å². The Kier molecular flexibility index (Phi) is 7.60. The van der Waals surface area contributed by atoms with E-state index in [1.54, 1.807) is 18.2 Å². The normalized spacial score (nSPS) is 10.7. The van der Waals surface area contributed by atoms with Crippen molar-refractivity contribution in [2.75, 3.05) is 6.61 Å². The van der Waals surface area contributed by atoms with Crippen molar-refractivity contribution in [3.05, 3.63) is 63.6 Å². The molecule has 144 valence electrons. The molecule has 2 rings (SSSR count). The van der Waals surface area contributed by atoms with Crippen LogP contribution >= 0.6 is 15.9 Å². The Labute approximate surface area is 170 Å². The predicted molar refractivity (Wildman–Crippen MR) is 107 cm³/mol. The molecule has 3 N–H and O–H groups in total. The van der Waals surface area contributed by atoms with Crippen LogP contribution in [-0.2, 0) is 11.4 Å². The number of amides is 3. The number of nitrogens with two attached hydrogens (primary N) is 1. The minimum atomic E-state index is -1.04. The van der Waals surface area contributed by atoms with Gasteiger partial charge in [0.15, 0.2) is 11.5 Å². The first-order valence-electron chi connectivity index (χ1n) is 8.30. The number of carbonyl (C=O) groups is 2. The molecule has 0 saturated carbocycles. The fourth-order valence-corrected chi connectivity index (χ4v) is 2.70. The summed E-state index contributed by atoms with van der Waals surface area (Å²) in [6.45, 7) is 2.59. The molecular weight excluding hydrogens is 426 g/mol. The summed E-state index contributed by atoms with van der Waals surface area (Å²) in [4.78, 5) is 22.7. The van der Waals surface area contributed by atoms with Crippen molar-refractivity contribution >= 4 is 33.9 Å². The Bertz CT molecular complexity index is 936. The van der Waals surface area contributed by atoms with Gasteiger partial charge in [-0.25, -0.2) is 4.79 Å². The lowest BCUT2D eigenvalue weighted by Crippen LogP contribution is -2.35. The summed E-state index contributed by atoms with van der Waals surface area (Å²) in [6.07, 6.45) is 1.33.